The van der Waals surface area contributed by atoms with Gasteiger partial charge in [0.1, 0.15) is 11.3 Å². The molecule has 0 radical (unpaired) electrons. The fraction of sp³-hybridized carbons (Fsp3) is 0.429. The van der Waals surface area contributed by atoms with Crippen LogP contribution in [0.1, 0.15) is 12.8 Å². The van der Waals surface area contributed by atoms with Crippen LogP contribution in [-0.2, 0) is 14.3 Å². The molecule has 1 fully saturated rings. The summed E-state index contributed by atoms with van der Waals surface area (Å²) in [5, 5.41) is 12.3. The first kappa shape index (κ1) is 15.6. The Morgan fingerprint density at radius 1 is 1.33 bits per heavy atom. The van der Waals surface area contributed by atoms with Crippen molar-refractivity contribution in [3.8, 4) is 5.75 Å². The van der Waals surface area contributed by atoms with E-state index in [0.29, 0.717) is 24.0 Å². The highest BCUT2D eigenvalue weighted by atomic mass is 35.5. The fourth-order valence-corrected chi connectivity index (χ4v) is 2.31. The molecule has 2 rings (SSSR count). The summed E-state index contributed by atoms with van der Waals surface area (Å²) >= 11 is 5.91. The molecular weight excluding hydrogens is 298 g/mol. The molecule has 0 aliphatic carbocycles. The highest BCUT2D eigenvalue weighted by Gasteiger charge is 2.41. The van der Waals surface area contributed by atoms with E-state index in [1.807, 2.05) is 0 Å². The van der Waals surface area contributed by atoms with Crippen molar-refractivity contribution in [3.05, 3.63) is 29.3 Å². The summed E-state index contributed by atoms with van der Waals surface area (Å²) in [6, 6.07) is 6.76. The van der Waals surface area contributed by atoms with Crippen molar-refractivity contribution < 1.29 is 24.2 Å². The lowest BCUT2D eigenvalue weighted by Gasteiger charge is -2.33. The van der Waals surface area contributed by atoms with Gasteiger partial charge in [0.15, 0.2) is 6.61 Å². The smallest absolute Gasteiger partial charge is 0.329 e. The maximum absolute atomic E-state index is 11.9. The van der Waals surface area contributed by atoms with E-state index in [1.54, 1.807) is 24.3 Å². The third kappa shape index (κ3) is 3.86. The summed E-state index contributed by atoms with van der Waals surface area (Å²) in [4.78, 5) is 23.3. The fourth-order valence-electron chi connectivity index (χ4n) is 2.12. The molecule has 6 nitrogen and oxygen atoms in total. The Balaban J connectivity index is 1.94. The van der Waals surface area contributed by atoms with Crippen LogP contribution < -0.4 is 10.1 Å². The summed E-state index contributed by atoms with van der Waals surface area (Å²) in [5.74, 6) is -1.18. The van der Waals surface area contributed by atoms with E-state index >= 15 is 0 Å². The Bertz CT molecular complexity index is 528. The number of carbonyl (C=O) groups is 2. The van der Waals surface area contributed by atoms with Crippen LogP contribution in [0.2, 0.25) is 5.02 Å². The van der Waals surface area contributed by atoms with Gasteiger partial charge in [-0.2, -0.15) is 0 Å². The van der Waals surface area contributed by atoms with E-state index in [9.17, 15) is 14.7 Å². The molecule has 1 saturated heterocycles. The second kappa shape index (κ2) is 6.78. The van der Waals surface area contributed by atoms with Gasteiger partial charge in [0.2, 0.25) is 0 Å². The summed E-state index contributed by atoms with van der Waals surface area (Å²) in [5.41, 5.74) is -1.28. The van der Waals surface area contributed by atoms with Crippen molar-refractivity contribution >= 4 is 23.5 Å². The lowest BCUT2D eigenvalue weighted by Crippen LogP contribution is -2.58. The molecule has 1 amide bonds. The standard InChI is InChI=1S/C14H16ClNO5/c15-10-3-1-2-4-11(10)21-9-12(17)16-14(13(18)19)5-7-20-8-6-14/h1-4H,5-9H2,(H,16,17)(H,18,19). The van der Waals surface area contributed by atoms with Gasteiger partial charge in [-0.05, 0) is 12.1 Å². The third-order valence-electron chi connectivity index (χ3n) is 3.33. The van der Waals surface area contributed by atoms with Gasteiger partial charge in [0.05, 0.1) is 5.02 Å². The van der Waals surface area contributed by atoms with Crippen molar-refractivity contribution in [1.29, 1.82) is 0 Å². The van der Waals surface area contributed by atoms with Crippen molar-refractivity contribution in [2.75, 3.05) is 19.8 Å². The zero-order valence-electron chi connectivity index (χ0n) is 11.3. The molecule has 0 atom stereocenters. The Labute approximate surface area is 127 Å². The quantitative estimate of drug-likeness (QED) is 0.860. The molecule has 1 heterocycles. The molecule has 0 bridgehead atoms. The maximum Gasteiger partial charge on any atom is 0.329 e. The van der Waals surface area contributed by atoms with Gasteiger partial charge in [0, 0.05) is 26.1 Å². The molecule has 0 unspecified atom stereocenters. The molecule has 1 aliphatic heterocycles. The summed E-state index contributed by atoms with van der Waals surface area (Å²) in [6.07, 6.45) is 0.473. The highest BCUT2D eigenvalue weighted by molar-refractivity contribution is 6.32. The van der Waals surface area contributed by atoms with Crippen LogP contribution in [-0.4, -0.2) is 42.3 Å². The van der Waals surface area contributed by atoms with E-state index < -0.39 is 17.4 Å². The molecule has 0 spiro atoms. The number of benzene rings is 1. The largest absolute Gasteiger partial charge is 0.482 e. The minimum absolute atomic E-state index is 0.236. The van der Waals surface area contributed by atoms with E-state index in [4.69, 9.17) is 21.1 Å². The van der Waals surface area contributed by atoms with Crippen LogP contribution in [0.25, 0.3) is 0 Å². The summed E-state index contributed by atoms with van der Waals surface area (Å²) < 4.78 is 10.4. The second-order valence-corrected chi connectivity index (χ2v) is 5.17. The van der Waals surface area contributed by atoms with Crippen LogP contribution in [0.15, 0.2) is 24.3 Å². The molecule has 21 heavy (non-hydrogen) atoms. The van der Waals surface area contributed by atoms with Gasteiger partial charge < -0.3 is 19.9 Å². The first-order valence-corrected chi connectivity index (χ1v) is 6.91. The summed E-state index contributed by atoms with van der Waals surface area (Å²) in [6.45, 7) is 0.315. The molecule has 114 valence electrons. The van der Waals surface area contributed by atoms with Gasteiger partial charge >= 0.3 is 5.97 Å². The Kier molecular flexibility index (Phi) is 5.03. The number of nitrogens with one attached hydrogen (secondary N) is 1. The molecule has 7 heteroatoms. The number of halogens is 1. The number of carboxylic acids is 1. The van der Waals surface area contributed by atoms with Crippen molar-refractivity contribution in [3.63, 3.8) is 0 Å². The van der Waals surface area contributed by atoms with E-state index in [2.05, 4.69) is 5.32 Å². The first-order chi connectivity index (χ1) is 10.0. The van der Waals surface area contributed by atoms with E-state index in [1.165, 1.54) is 0 Å². The predicted molar refractivity (Wildman–Crippen MR) is 75.5 cm³/mol. The minimum atomic E-state index is -1.28. The number of carboxylic acid groups (broad SMARTS) is 1. The number of ether oxygens (including phenoxy) is 2. The SMILES string of the molecule is O=C(COc1ccccc1Cl)NC1(C(=O)O)CCOCC1. The third-order valence-corrected chi connectivity index (χ3v) is 3.64. The van der Waals surface area contributed by atoms with Gasteiger partial charge in [-0.3, -0.25) is 4.79 Å². The van der Waals surface area contributed by atoms with Crippen molar-refractivity contribution in [2.45, 2.75) is 18.4 Å². The van der Waals surface area contributed by atoms with Crippen LogP contribution in [0.5, 0.6) is 5.75 Å². The first-order valence-electron chi connectivity index (χ1n) is 6.53. The van der Waals surface area contributed by atoms with Gasteiger partial charge in [-0.15, -0.1) is 0 Å². The van der Waals surface area contributed by atoms with Crippen LogP contribution in [0.4, 0.5) is 0 Å². The molecular formula is C14H16ClNO5. The Morgan fingerprint density at radius 2 is 2.00 bits per heavy atom. The molecule has 0 aromatic heterocycles. The predicted octanol–water partition coefficient (Wildman–Crippen LogP) is 1.47. The molecule has 1 aromatic carbocycles. The lowest BCUT2D eigenvalue weighted by atomic mass is 9.90. The van der Waals surface area contributed by atoms with Gasteiger partial charge in [0.25, 0.3) is 5.91 Å². The topological polar surface area (TPSA) is 84.9 Å². The van der Waals surface area contributed by atoms with Crippen molar-refractivity contribution in [1.82, 2.24) is 5.32 Å². The molecule has 1 aromatic rings. The van der Waals surface area contributed by atoms with Crippen molar-refractivity contribution in [2.24, 2.45) is 0 Å². The van der Waals surface area contributed by atoms with Gasteiger partial charge in [-0.1, -0.05) is 23.7 Å². The van der Waals surface area contributed by atoms with Gasteiger partial charge in [-0.25, -0.2) is 4.79 Å². The monoisotopic (exact) mass is 313 g/mol. The molecule has 0 saturated carbocycles. The van der Waals surface area contributed by atoms with Crippen LogP contribution in [0, 0.1) is 0 Å². The number of hydrogen-bond acceptors (Lipinski definition) is 4. The molecule has 1 aliphatic rings. The minimum Gasteiger partial charge on any atom is -0.482 e. The maximum atomic E-state index is 11.9. The van der Waals surface area contributed by atoms with Crippen LogP contribution in [0.3, 0.4) is 0 Å². The Morgan fingerprint density at radius 3 is 2.62 bits per heavy atom. The average Bonchev–Trinajstić information content (AvgIpc) is 2.47. The average molecular weight is 314 g/mol. The number of carbonyl (C=O) groups excluding carboxylic acids is 1. The lowest BCUT2D eigenvalue weighted by molar-refractivity contribution is -0.152. The normalized spacial score (nSPS) is 17.0. The zero-order chi connectivity index (χ0) is 15.3. The zero-order valence-corrected chi connectivity index (χ0v) is 12.1. The number of amides is 1. The second-order valence-electron chi connectivity index (χ2n) is 4.77. The number of rotatable bonds is 5. The highest BCUT2D eigenvalue weighted by Crippen LogP contribution is 2.24. The number of hydrogen-bond donors (Lipinski definition) is 2. The Hall–Kier alpha value is -1.79. The molecule has 2 N–H and O–H groups in total. The van der Waals surface area contributed by atoms with E-state index in [-0.39, 0.29) is 19.4 Å². The number of aliphatic carboxylic acids is 1. The summed E-state index contributed by atoms with van der Waals surface area (Å²) in [7, 11) is 0. The van der Waals surface area contributed by atoms with E-state index in [0.717, 1.165) is 0 Å². The van der Waals surface area contributed by atoms with Crippen LogP contribution >= 0.6 is 11.6 Å². The number of para-hydroxylation sites is 1.